The third kappa shape index (κ3) is 5.72. The Morgan fingerprint density at radius 3 is 2.26 bits per heavy atom. The Balaban J connectivity index is 2.14. The standard InChI is InChI=1S/C20H26N2O4S/c1-4-19(20(23)21-15-14-16-8-6-5-7-9-16)22(27(3,24)25)17-10-12-18(26-2)13-11-17/h5-13,19H,4,14-15H2,1-3H3,(H,21,23)/t19-/m1/s1. The Morgan fingerprint density at radius 1 is 1.11 bits per heavy atom. The molecule has 0 aliphatic carbocycles. The van der Waals surface area contributed by atoms with Crippen molar-refractivity contribution in [2.75, 3.05) is 24.2 Å². The highest BCUT2D eigenvalue weighted by Crippen LogP contribution is 2.25. The highest BCUT2D eigenvalue weighted by atomic mass is 32.2. The highest BCUT2D eigenvalue weighted by molar-refractivity contribution is 7.92. The average molecular weight is 391 g/mol. The van der Waals surface area contributed by atoms with Crippen LogP contribution in [-0.4, -0.2) is 40.3 Å². The van der Waals surface area contributed by atoms with Crippen molar-refractivity contribution < 1.29 is 17.9 Å². The highest BCUT2D eigenvalue weighted by Gasteiger charge is 2.31. The number of carbonyl (C=O) groups is 1. The van der Waals surface area contributed by atoms with E-state index < -0.39 is 16.1 Å². The Labute approximate surface area is 161 Å². The number of ether oxygens (including phenoxy) is 1. The van der Waals surface area contributed by atoms with Crippen LogP contribution < -0.4 is 14.4 Å². The fourth-order valence-corrected chi connectivity index (χ4v) is 4.09. The lowest BCUT2D eigenvalue weighted by atomic mass is 10.1. The van der Waals surface area contributed by atoms with Gasteiger partial charge in [-0.05, 0) is 42.7 Å². The van der Waals surface area contributed by atoms with Gasteiger partial charge in [0.25, 0.3) is 0 Å². The molecule has 0 saturated carbocycles. The third-order valence-corrected chi connectivity index (χ3v) is 5.39. The molecule has 2 aromatic carbocycles. The maximum atomic E-state index is 12.7. The monoisotopic (exact) mass is 390 g/mol. The van der Waals surface area contributed by atoms with Crippen LogP contribution >= 0.6 is 0 Å². The molecule has 27 heavy (non-hydrogen) atoms. The van der Waals surface area contributed by atoms with Crippen molar-refractivity contribution in [2.45, 2.75) is 25.8 Å². The van der Waals surface area contributed by atoms with E-state index in [1.54, 1.807) is 38.3 Å². The van der Waals surface area contributed by atoms with Gasteiger partial charge in [-0.1, -0.05) is 37.3 Å². The smallest absolute Gasteiger partial charge is 0.243 e. The molecule has 0 aliphatic heterocycles. The molecule has 1 atom stereocenters. The van der Waals surface area contributed by atoms with Gasteiger partial charge in [0.2, 0.25) is 15.9 Å². The minimum Gasteiger partial charge on any atom is -0.497 e. The summed E-state index contributed by atoms with van der Waals surface area (Å²) < 4.78 is 31.1. The van der Waals surface area contributed by atoms with E-state index in [2.05, 4.69) is 5.32 Å². The Morgan fingerprint density at radius 2 is 1.74 bits per heavy atom. The van der Waals surface area contributed by atoms with Crippen molar-refractivity contribution in [2.24, 2.45) is 0 Å². The molecule has 0 bridgehead atoms. The van der Waals surface area contributed by atoms with E-state index in [4.69, 9.17) is 4.74 Å². The number of nitrogens with zero attached hydrogens (tertiary/aromatic N) is 1. The Kier molecular flexibility index (Phi) is 7.24. The molecule has 0 aromatic heterocycles. The maximum absolute atomic E-state index is 12.7. The average Bonchev–Trinajstić information content (AvgIpc) is 2.66. The molecule has 2 aromatic rings. The number of rotatable bonds is 9. The van der Waals surface area contributed by atoms with Crippen LogP contribution in [0.5, 0.6) is 5.75 Å². The Bertz CT molecular complexity index is 836. The number of sulfonamides is 1. The van der Waals surface area contributed by atoms with Gasteiger partial charge in [-0.2, -0.15) is 0 Å². The molecule has 0 radical (unpaired) electrons. The Hall–Kier alpha value is -2.54. The summed E-state index contributed by atoms with van der Waals surface area (Å²) in [5, 5.41) is 2.86. The van der Waals surface area contributed by atoms with Crippen molar-refractivity contribution in [1.82, 2.24) is 5.32 Å². The van der Waals surface area contributed by atoms with Gasteiger partial charge in [-0.25, -0.2) is 8.42 Å². The molecule has 146 valence electrons. The molecule has 0 spiro atoms. The molecule has 1 amide bonds. The van der Waals surface area contributed by atoms with Gasteiger partial charge in [-0.3, -0.25) is 9.10 Å². The third-order valence-electron chi connectivity index (χ3n) is 4.21. The zero-order chi connectivity index (χ0) is 19.9. The zero-order valence-corrected chi connectivity index (χ0v) is 16.7. The van der Waals surface area contributed by atoms with Crippen LogP contribution in [0.2, 0.25) is 0 Å². The summed E-state index contributed by atoms with van der Waals surface area (Å²) in [5.74, 6) is 0.308. The molecule has 0 fully saturated rings. The number of benzene rings is 2. The number of hydrogen-bond donors (Lipinski definition) is 1. The summed E-state index contributed by atoms with van der Waals surface area (Å²) >= 11 is 0. The molecular formula is C20H26N2O4S. The van der Waals surface area contributed by atoms with Gasteiger partial charge < -0.3 is 10.1 Å². The summed E-state index contributed by atoms with van der Waals surface area (Å²) in [5.41, 5.74) is 1.55. The molecule has 2 rings (SSSR count). The van der Waals surface area contributed by atoms with Crippen molar-refractivity contribution in [3.63, 3.8) is 0 Å². The van der Waals surface area contributed by atoms with Crippen LogP contribution in [0.1, 0.15) is 18.9 Å². The minimum absolute atomic E-state index is 0.310. The first-order valence-corrected chi connectivity index (χ1v) is 10.7. The van der Waals surface area contributed by atoms with E-state index in [1.807, 2.05) is 30.3 Å². The lowest BCUT2D eigenvalue weighted by molar-refractivity contribution is -0.122. The number of nitrogens with one attached hydrogen (secondary N) is 1. The summed E-state index contributed by atoms with van der Waals surface area (Å²) in [6.07, 6.45) is 2.15. The zero-order valence-electron chi connectivity index (χ0n) is 15.9. The van der Waals surface area contributed by atoms with Crippen LogP contribution in [-0.2, 0) is 21.2 Å². The molecule has 0 aliphatic rings. The minimum atomic E-state index is -3.64. The fraction of sp³-hybridized carbons (Fsp3) is 0.350. The van der Waals surface area contributed by atoms with Crippen LogP contribution in [0.15, 0.2) is 54.6 Å². The van der Waals surface area contributed by atoms with Gasteiger partial charge >= 0.3 is 0 Å². The fourth-order valence-electron chi connectivity index (χ4n) is 2.88. The van der Waals surface area contributed by atoms with Gasteiger partial charge in [-0.15, -0.1) is 0 Å². The van der Waals surface area contributed by atoms with Crippen LogP contribution in [0, 0.1) is 0 Å². The van der Waals surface area contributed by atoms with E-state index in [1.165, 1.54) is 4.31 Å². The number of hydrogen-bond acceptors (Lipinski definition) is 4. The summed E-state index contributed by atoms with van der Waals surface area (Å²) in [6, 6.07) is 15.6. The molecule has 0 saturated heterocycles. The van der Waals surface area contributed by atoms with E-state index in [9.17, 15) is 13.2 Å². The maximum Gasteiger partial charge on any atom is 0.243 e. The second-order valence-corrected chi connectivity index (χ2v) is 8.07. The first-order chi connectivity index (χ1) is 12.9. The second kappa shape index (κ2) is 9.41. The first-order valence-electron chi connectivity index (χ1n) is 8.82. The predicted molar refractivity (Wildman–Crippen MR) is 108 cm³/mol. The summed E-state index contributed by atoms with van der Waals surface area (Å²) in [6.45, 7) is 2.24. The molecule has 6 nitrogen and oxygen atoms in total. The van der Waals surface area contributed by atoms with Crippen molar-refractivity contribution in [1.29, 1.82) is 0 Å². The first kappa shape index (κ1) is 20.8. The summed E-state index contributed by atoms with van der Waals surface area (Å²) in [4.78, 5) is 12.7. The summed E-state index contributed by atoms with van der Waals surface area (Å²) in [7, 11) is -2.10. The molecular weight excluding hydrogens is 364 g/mol. The lowest BCUT2D eigenvalue weighted by Gasteiger charge is -2.30. The van der Waals surface area contributed by atoms with E-state index >= 15 is 0 Å². The molecule has 7 heteroatoms. The van der Waals surface area contributed by atoms with Gasteiger partial charge in [0, 0.05) is 6.54 Å². The van der Waals surface area contributed by atoms with Gasteiger partial charge in [0.05, 0.1) is 19.1 Å². The van der Waals surface area contributed by atoms with E-state index in [0.29, 0.717) is 30.8 Å². The van der Waals surface area contributed by atoms with Crippen molar-refractivity contribution in [3.8, 4) is 5.75 Å². The quantitative estimate of drug-likeness (QED) is 0.714. The molecule has 0 unspecified atom stereocenters. The SMILES string of the molecule is CC[C@H](C(=O)NCCc1ccccc1)N(c1ccc(OC)cc1)S(C)(=O)=O. The second-order valence-electron chi connectivity index (χ2n) is 6.21. The number of carbonyl (C=O) groups excluding carboxylic acids is 1. The van der Waals surface area contributed by atoms with E-state index in [-0.39, 0.29) is 5.91 Å². The predicted octanol–water partition coefficient (Wildman–Crippen LogP) is 2.60. The topological polar surface area (TPSA) is 75.7 Å². The molecule has 0 heterocycles. The van der Waals surface area contributed by atoms with E-state index in [0.717, 1.165) is 11.8 Å². The van der Waals surface area contributed by atoms with Gasteiger partial charge in [0.1, 0.15) is 11.8 Å². The van der Waals surface area contributed by atoms with Crippen LogP contribution in [0.3, 0.4) is 0 Å². The van der Waals surface area contributed by atoms with Gasteiger partial charge in [0.15, 0.2) is 0 Å². The molecule has 1 N–H and O–H groups in total. The number of methoxy groups -OCH3 is 1. The largest absolute Gasteiger partial charge is 0.497 e. The number of amides is 1. The van der Waals surface area contributed by atoms with Crippen molar-refractivity contribution >= 4 is 21.6 Å². The lowest BCUT2D eigenvalue weighted by Crippen LogP contribution is -2.49. The normalized spacial score (nSPS) is 12.3. The van der Waals surface area contributed by atoms with Crippen LogP contribution in [0.25, 0.3) is 0 Å². The van der Waals surface area contributed by atoms with Crippen molar-refractivity contribution in [3.05, 3.63) is 60.2 Å². The van der Waals surface area contributed by atoms with Crippen LogP contribution in [0.4, 0.5) is 5.69 Å². The number of anilines is 1.